The molecule has 1 fully saturated rings. The molecule has 0 bridgehead atoms. The zero-order chi connectivity index (χ0) is 16.8. The van der Waals surface area contributed by atoms with Gasteiger partial charge >= 0.3 is 5.97 Å². The first-order valence-electron chi connectivity index (χ1n) is 8.18. The predicted molar refractivity (Wildman–Crippen MR) is 87.4 cm³/mol. The molecule has 1 aliphatic rings. The van der Waals surface area contributed by atoms with Gasteiger partial charge in [-0.3, -0.25) is 4.79 Å². The molecule has 0 saturated carbocycles. The van der Waals surface area contributed by atoms with Crippen LogP contribution in [0.4, 0.5) is 0 Å². The number of carbonyl (C=O) groups excluding carboxylic acids is 1. The Kier molecular flexibility index (Phi) is 6.16. The van der Waals surface area contributed by atoms with Crippen molar-refractivity contribution in [1.29, 1.82) is 0 Å². The number of carboxylic acids is 1. The van der Waals surface area contributed by atoms with E-state index < -0.39 is 5.97 Å². The van der Waals surface area contributed by atoms with E-state index in [-0.39, 0.29) is 17.6 Å². The largest absolute Gasteiger partial charge is 0.478 e. The maximum absolute atomic E-state index is 12.0. The second-order valence-corrected chi connectivity index (χ2v) is 6.43. The average molecular weight is 319 g/mol. The molecule has 2 N–H and O–H groups in total. The van der Waals surface area contributed by atoms with E-state index in [2.05, 4.69) is 19.2 Å². The summed E-state index contributed by atoms with van der Waals surface area (Å²) >= 11 is 0. The van der Waals surface area contributed by atoms with Crippen LogP contribution in [0.25, 0.3) is 0 Å². The summed E-state index contributed by atoms with van der Waals surface area (Å²) in [5.41, 5.74) is 1.23. The molecule has 2 rings (SSSR count). The lowest BCUT2D eigenvalue weighted by molar-refractivity contribution is -0.121. The van der Waals surface area contributed by atoms with Gasteiger partial charge in [0.25, 0.3) is 0 Å². The summed E-state index contributed by atoms with van der Waals surface area (Å²) in [6, 6.07) is 6.66. The standard InChI is InChI=1S/C18H25NO4/c1-12(2)17-15(9-10-23-17)11-19-16(20)8-5-13-3-6-14(7-4-13)18(21)22/h3-4,6-7,12,15,17H,5,8-11H2,1-2H3,(H,19,20)(H,21,22). The number of ether oxygens (including phenoxy) is 1. The maximum atomic E-state index is 12.0. The van der Waals surface area contributed by atoms with Crippen molar-refractivity contribution in [2.45, 2.75) is 39.2 Å². The number of carbonyl (C=O) groups is 2. The number of aromatic carboxylic acids is 1. The van der Waals surface area contributed by atoms with Crippen molar-refractivity contribution in [3.63, 3.8) is 0 Å². The van der Waals surface area contributed by atoms with Crippen molar-refractivity contribution in [3.05, 3.63) is 35.4 Å². The van der Waals surface area contributed by atoms with Crippen LogP contribution in [0.5, 0.6) is 0 Å². The lowest BCUT2D eigenvalue weighted by atomic mass is 9.93. The van der Waals surface area contributed by atoms with Crippen LogP contribution in [0.2, 0.25) is 0 Å². The lowest BCUT2D eigenvalue weighted by Gasteiger charge is -2.22. The molecule has 0 aromatic heterocycles. The highest BCUT2D eigenvalue weighted by molar-refractivity contribution is 5.87. The summed E-state index contributed by atoms with van der Waals surface area (Å²) in [6.07, 6.45) is 2.26. The molecule has 5 heteroatoms. The van der Waals surface area contributed by atoms with Gasteiger partial charge in [0.05, 0.1) is 11.7 Å². The number of hydrogen-bond acceptors (Lipinski definition) is 3. The van der Waals surface area contributed by atoms with Crippen molar-refractivity contribution in [3.8, 4) is 0 Å². The molecule has 1 amide bonds. The number of amides is 1. The smallest absolute Gasteiger partial charge is 0.335 e. The third-order valence-corrected chi connectivity index (χ3v) is 4.32. The third kappa shape index (κ3) is 5.06. The molecule has 0 radical (unpaired) electrons. The minimum atomic E-state index is -0.937. The molecule has 1 aromatic carbocycles. The normalized spacial score (nSPS) is 20.7. The van der Waals surface area contributed by atoms with Gasteiger partial charge in [0.2, 0.25) is 5.91 Å². The number of aryl methyl sites for hydroxylation is 1. The molecule has 5 nitrogen and oxygen atoms in total. The Bertz CT molecular complexity index is 538. The second kappa shape index (κ2) is 8.11. The number of carboxylic acid groups (broad SMARTS) is 1. The van der Waals surface area contributed by atoms with Gasteiger partial charge in [-0.25, -0.2) is 4.79 Å². The van der Waals surface area contributed by atoms with E-state index in [1.54, 1.807) is 24.3 Å². The summed E-state index contributed by atoms with van der Waals surface area (Å²) in [4.78, 5) is 22.8. The molecular formula is C18H25NO4. The molecule has 2 atom stereocenters. The van der Waals surface area contributed by atoms with E-state index >= 15 is 0 Å². The number of hydrogen-bond donors (Lipinski definition) is 2. The van der Waals surface area contributed by atoms with Gasteiger partial charge in [0, 0.05) is 25.5 Å². The first-order chi connectivity index (χ1) is 11.0. The number of benzene rings is 1. The minimum Gasteiger partial charge on any atom is -0.478 e. The van der Waals surface area contributed by atoms with Crippen molar-refractivity contribution < 1.29 is 19.4 Å². The summed E-state index contributed by atoms with van der Waals surface area (Å²) in [5.74, 6) is -0.0459. The van der Waals surface area contributed by atoms with Crippen LogP contribution in [0.15, 0.2) is 24.3 Å². The van der Waals surface area contributed by atoms with Crippen LogP contribution in [0.1, 0.15) is 42.6 Å². The fraction of sp³-hybridized carbons (Fsp3) is 0.556. The van der Waals surface area contributed by atoms with Crippen molar-refractivity contribution in [1.82, 2.24) is 5.32 Å². The number of rotatable bonds is 7. The van der Waals surface area contributed by atoms with Gasteiger partial charge in [-0.05, 0) is 36.5 Å². The molecule has 0 aliphatic carbocycles. The van der Waals surface area contributed by atoms with E-state index in [9.17, 15) is 9.59 Å². The first kappa shape index (κ1) is 17.5. The van der Waals surface area contributed by atoms with Gasteiger partial charge in [-0.1, -0.05) is 26.0 Å². The lowest BCUT2D eigenvalue weighted by Crippen LogP contribution is -2.35. The van der Waals surface area contributed by atoms with Gasteiger partial charge in [-0.15, -0.1) is 0 Å². The minimum absolute atomic E-state index is 0.0294. The molecule has 1 aliphatic heterocycles. The fourth-order valence-electron chi connectivity index (χ4n) is 3.02. The van der Waals surface area contributed by atoms with Crippen LogP contribution in [-0.2, 0) is 16.0 Å². The van der Waals surface area contributed by atoms with Crippen LogP contribution in [-0.4, -0.2) is 36.2 Å². The van der Waals surface area contributed by atoms with Crippen LogP contribution >= 0.6 is 0 Å². The van der Waals surface area contributed by atoms with Crippen LogP contribution in [0.3, 0.4) is 0 Å². The second-order valence-electron chi connectivity index (χ2n) is 6.43. The summed E-state index contributed by atoms with van der Waals surface area (Å²) in [7, 11) is 0. The Morgan fingerprint density at radius 1 is 1.30 bits per heavy atom. The van der Waals surface area contributed by atoms with E-state index in [4.69, 9.17) is 9.84 Å². The van der Waals surface area contributed by atoms with Crippen LogP contribution in [0, 0.1) is 11.8 Å². The van der Waals surface area contributed by atoms with Crippen molar-refractivity contribution in [2.75, 3.05) is 13.2 Å². The molecule has 1 aromatic rings. The molecule has 1 saturated heterocycles. The predicted octanol–water partition coefficient (Wildman–Crippen LogP) is 2.49. The van der Waals surface area contributed by atoms with Gasteiger partial charge in [-0.2, -0.15) is 0 Å². The Balaban J connectivity index is 1.73. The molecule has 0 spiro atoms. The molecule has 23 heavy (non-hydrogen) atoms. The highest BCUT2D eigenvalue weighted by Gasteiger charge is 2.30. The summed E-state index contributed by atoms with van der Waals surface area (Å²) in [5, 5.41) is 11.8. The fourth-order valence-corrected chi connectivity index (χ4v) is 3.02. The van der Waals surface area contributed by atoms with E-state index in [0.29, 0.717) is 31.2 Å². The van der Waals surface area contributed by atoms with Crippen molar-refractivity contribution in [2.24, 2.45) is 11.8 Å². The average Bonchev–Trinajstić information content (AvgIpc) is 3.00. The highest BCUT2D eigenvalue weighted by Crippen LogP contribution is 2.26. The third-order valence-electron chi connectivity index (χ3n) is 4.32. The number of nitrogens with one attached hydrogen (secondary N) is 1. The quantitative estimate of drug-likeness (QED) is 0.809. The highest BCUT2D eigenvalue weighted by atomic mass is 16.5. The van der Waals surface area contributed by atoms with E-state index in [1.165, 1.54) is 0 Å². The molecule has 2 unspecified atom stereocenters. The Labute approximate surface area is 137 Å². The van der Waals surface area contributed by atoms with Gasteiger partial charge in [0.1, 0.15) is 0 Å². The molecule has 126 valence electrons. The zero-order valence-electron chi connectivity index (χ0n) is 13.7. The maximum Gasteiger partial charge on any atom is 0.335 e. The monoisotopic (exact) mass is 319 g/mol. The van der Waals surface area contributed by atoms with Gasteiger partial charge < -0.3 is 15.2 Å². The topological polar surface area (TPSA) is 75.6 Å². The Morgan fingerprint density at radius 3 is 2.61 bits per heavy atom. The molecule has 1 heterocycles. The Hall–Kier alpha value is -1.88. The van der Waals surface area contributed by atoms with E-state index in [0.717, 1.165) is 18.6 Å². The SMILES string of the molecule is CC(C)C1OCCC1CNC(=O)CCc1ccc(C(=O)O)cc1. The first-order valence-corrected chi connectivity index (χ1v) is 8.18. The zero-order valence-corrected chi connectivity index (χ0v) is 13.7. The van der Waals surface area contributed by atoms with Crippen molar-refractivity contribution >= 4 is 11.9 Å². The summed E-state index contributed by atoms with van der Waals surface area (Å²) < 4.78 is 5.72. The van der Waals surface area contributed by atoms with Gasteiger partial charge in [0.15, 0.2) is 0 Å². The summed E-state index contributed by atoms with van der Waals surface area (Å²) in [6.45, 7) is 5.73. The van der Waals surface area contributed by atoms with Crippen LogP contribution < -0.4 is 5.32 Å². The Morgan fingerprint density at radius 2 is 2.00 bits per heavy atom. The molecular weight excluding hydrogens is 294 g/mol. The van der Waals surface area contributed by atoms with E-state index in [1.807, 2.05) is 0 Å².